The number of carbonyl (C=O) groups is 1. The highest BCUT2D eigenvalue weighted by molar-refractivity contribution is 8.00. The maximum absolute atomic E-state index is 12.8. The number of aryl methyl sites for hydroxylation is 1. The highest BCUT2D eigenvalue weighted by Gasteiger charge is 2.35. The molecule has 124 valence electrons. The van der Waals surface area contributed by atoms with E-state index in [0.29, 0.717) is 17.7 Å². The molecule has 0 spiro atoms. The van der Waals surface area contributed by atoms with Crippen molar-refractivity contribution >= 4 is 23.4 Å². The second-order valence-corrected chi connectivity index (χ2v) is 7.58. The summed E-state index contributed by atoms with van der Waals surface area (Å²) in [6.45, 7) is 2.74. The van der Waals surface area contributed by atoms with Crippen molar-refractivity contribution in [3.05, 3.63) is 52.4 Å². The normalized spacial score (nSPS) is 20.6. The summed E-state index contributed by atoms with van der Waals surface area (Å²) in [5.74, 6) is 0.101. The Kier molecular flexibility index (Phi) is 3.92. The Balaban J connectivity index is 1.54. The molecule has 4 rings (SSSR count). The number of rotatable bonds is 4. The maximum Gasteiger partial charge on any atom is 0.273 e. The van der Waals surface area contributed by atoms with Gasteiger partial charge in [0.25, 0.3) is 5.56 Å². The number of thioether (sulfide) groups is 1. The van der Waals surface area contributed by atoms with Crippen LogP contribution in [0.15, 0.2) is 46.5 Å². The van der Waals surface area contributed by atoms with E-state index in [1.807, 2.05) is 46.9 Å². The molecule has 24 heavy (non-hydrogen) atoms. The summed E-state index contributed by atoms with van der Waals surface area (Å²) in [6.07, 6.45) is 4.82. The molecule has 1 aromatic carbocycles. The van der Waals surface area contributed by atoms with E-state index in [9.17, 15) is 9.59 Å². The van der Waals surface area contributed by atoms with Crippen LogP contribution in [0.1, 0.15) is 30.9 Å². The minimum Gasteiger partial charge on any atom is -0.324 e. The van der Waals surface area contributed by atoms with Gasteiger partial charge in [0.05, 0.1) is 5.25 Å². The van der Waals surface area contributed by atoms with Crippen molar-refractivity contribution < 1.29 is 4.79 Å². The van der Waals surface area contributed by atoms with Crippen LogP contribution in [0.5, 0.6) is 0 Å². The summed E-state index contributed by atoms with van der Waals surface area (Å²) in [5.41, 5.74) is 1.88. The van der Waals surface area contributed by atoms with Crippen LogP contribution in [0, 0.1) is 6.92 Å². The smallest absolute Gasteiger partial charge is 0.273 e. The van der Waals surface area contributed by atoms with Crippen LogP contribution in [0.4, 0.5) is 5.69 Å². The van der Waals surface area contributed by atoms with Gasteiger partial charge in [0.15, 0.2) is 5.16 Å². The highest BCUT2D eigenvalue weighted by atomic mass is 32.2. The minimum absolute atomic E-state index is 0.101. The number of benzene rings is 1. The van der Waals surface area contributed by atoms with Crippen LogP contribution in [-0.2, 0) is 4.79 Å². The molecule has 1 amide bonds. The molecule has 1 atom stereocenters. The van der Waals surface area contributed by atoms with Gasteiger partial charge in [-0.3, -0.25) is 9.59 Å². The van der Waals surface area contributed by atoms with E-state index in [4.69, 9.17) is 0 Å². The van der Waals surface area contributed by atoms with Gasteiger partial charge in [-0.05, 0) is 38.3 Å². The van der Waals surface area contributed by atoms with Gasteiger partial charge in [-0.15, -0.1) is 0 Å². The Morgan fingerprint density at radius 2 is 1.83 bits per heavy atom. The molecule has 1 saturated carbocycles. The Morgan fingerprint density at radius 1 is 1.08 bits per heavy atom. The second-order valence-electron chi connectivity index (χ2n) is 6.41. The molecular weight excluding hydrogens is 322 g/mol. The molecule has 6 heteroatoms. The van der Waals surface area contributed by atoms with Gasteiger partial charge in [0.1, 0.15) is 0 Å². The van der Waals surface area contributed by atoms with Crippen molar-refractivity contribution in [1.29, 1.82) is 0 Å². The van der Waals surface area contributed by atoms with E-state index in [2.05, 4.69) is 4.98 Å². The van der Waals surface area contributed by atoms with Gasteiger partial charge in [-0.2, -0.15) is 4.98 Å². The van der Waals surface area contributed by atoms with Gasteiger partial charge >= 0.3 is 0 Å². The molecule has 1 aliphatic carbocycles. The molecule has 1 aliphatic heterocycles. The monoisotopic (exact) mass is 341 g/mol. The van der Waals surface area contributed by atoms with Crippen molar-refractivity contribution in [2.75, 3.05) is 11.4 Å². The van der Waals surface area contributed by atoms with Crippen LogP contribution in [0.2, 0.25) is 0 Å². The summed E-state index contributed by atoms with van der Waals surface area (Å²) in [5, 5.41) is 0.500. The summed E-state index contributed by atoms with van der Waals surface area (Å²) in [4.78, 5) is 30.4. The molecule has 2 aliphatic rings. The average Bonchev–Trinajstić information content (AvgIpc) is 3.34. The van der Waals surface area contributed by atoms with Gasteiger partial charge < -0.3 is 9.47 Å². The van der Waals surface area contributed by atoms with E-state index < -0.39 is 0 Å². The van der Waals surface area contributed by atoms with E-state index >= 15 is 0 Å². The Labute approximate surface area is 144 Å². The van der Waals surface area contributed by atoms with Gasteiger partial charge in [0.2, 0.25) is 5.91 Å². The van der Waals surface area contributed by atoms with E-state index in [1.165, 1.54) is 23.4 Å². The summed E-state index contributed by atoms with van der Waals surface area (Å²) in [7, 11) is 0. The van der Waals surface area contributed by atoms with Gasteiger partial charge in [0, 0.05) is 30.5 Å². The lowest BCUT2D eigenvalue weighted by molar-refractivity contribution is -0.116. The average molecular weight is 341 g/mol. The molecule has 1 saturated heterocycles. The van der Waals surface area contributed by atoms with Crippen molar-refractivity contribution in [2.45, 2.75) is 42.6 Å². The molecule has 5 nitrogen and oxygen atoms in total. The predicted octanol–water partition coefficient (Wildman–Crippen LogP) is 2.78. The molecule has 0 N–H and O–H groups in total. The lowest BCUT2D eigenvalue weighted by atomic mass is 10.2. The molecule has 0 unspecified atom stereocenters. The first-order valence-electron chi connectivity index (χ1n) is 8.26. The largest absolute Gasteiger partial charge is 0.324 e. The first-order chi connectivity index (χ1) is 11.6. The number of aromatic nitrogens is 2. The van der Waals surface area contributed by atoms with Gasteiger partial charge in [-0.1, -0.05) is 29.5 Å². The highest BCUT2D eigenvalue weighted by Crippen LogP contribution is 2.39. The topological polar surface area (TPSA) is 55.2 Å². The molecular formula is C18H19N3O2S. The zero-order chi connectivity index (χ0) is 16.7. The summed E-state index contributed by atoms with van der Waals surface area (Å²) >= 11 is 1.43. The number of anilines is 1. The van der Waals surface area contributed by atoms with E-state index in [-0.39, 0.29) is 16.7 Å². The molecule has 2 aromatic rings. The molecule has 0 bridgehead atoms. The number of amides is 1. The van der Waals surface area contributed by atoms with Crippen molar-refractivity contribution in [3.63, 3.8) is 0 Å². The van der Waals surface area contributed by atoms with Crippen molar-refractivity contribution in [2.24, 2.45) is 0 Å². The third-order valence-corrected chi connectivity index (χ3v) is 5.73. The third-order valence-electron chi connectivity index (χ3n) is 4.49. The van der Waals surface area contributed by atoms with Crippen LogP contribution in [0.25, 0.3) is 0 Å². The summed E-state index contributed by atoms with van der Waals surface area (Å²) < 4.78 is 2.05. The van der Waals surface area contributed by atoms with Crippen LogP contribution < -0.4 is 10.5 Å². The third kappa shape index (κ3) is 2.98. The Bertz CT molecular complexity index is 827. The van der Waals surface area contributed by atoms with Gasteiger partial charge in [-0.25, -0.2) is 0 Å². The van der Waals surface area contributed by atoms with Crippen LogP contribution in [-0.4, -0.2) is 27.3 Å². The van der Waals surface area contributed by atoms with Crippen molar-refractivity contribution in [3.8, 4) is 0 Å². The fourth-order valence-electron chi connectivity index (χ4n) is 2.99. The van der Waals surface area contributed by atoms with Crippen LogP contribution >= 0.6 is 11.8 Å². The van der Waals surface area contributed by atoms with E-state index in [1.54, 1.807) is 0 Å². The maximum atomic E-state index is 12.8. The summed E-state index contributed by atoms with van der Waals surface area (Å²) in [6, 6.07) is 9.95. The Morgan fingerprint density at radius 3 is 2.54 bits per heavy atom. The zero-order valence-electron chi connectivity index (χ0n) is 13.5. The number of carbonyl (C=O) groups excluding carboxylic acids is 1. The fourth-order valence-corrected chi connectivity index (χ4v) is 4.17. The van der Waals surface area contributed by atoms with E-state index in [0.717, 1.165) is 24.9 Å². The molecule has 1 aromatic heterocycles. The molecule has 0 radical (unpaired) electrons. The Hall–Kier alpha value is -2.08. The first-order valence-corrected chi connectivity index (χ1v) is 9.14. The lowest BCUT2D eigenvalue weighted by Gasteiger charge is -2.17. The zero-order valence-corrected chi connectivity index (χ0v) is 14.3. The number of hydrogen-bond acceptors (Lipinski definition) is 4. The standard InChI is InChI=1S/C18H19N3O2S/c1-12-2-4-13(5-3-12)20-10-8-15(17(20)23)24-18-19-16(22)9-11-21(18)14-6-7-14/h2-5,9,11,14-15H,6-8,10H2,1H3/t15-/m0/s1. The molecule has 2 fully saturated rings. The lowest BCUT2D eigenvalue weighted by Crippen LogP contribution is -2.28. The quantitative estimate of drug-likeness (QED) is 0.803. The second kappa shape index (κ2) is 6.09. The SMILES string of the molecule is Cc1ccc(N2CC[C@H](Sc3nc(=O)ccn3C3CC3)C2=O)cc1. The van der Waals surface area contributed by atoms with Crippen LogP contribution in [0.3, 0.4) is 0 Å². The number of nitrogens with zero attached hydrogens (tertiary/aromatic N) is 3. The fraction of sp³-hybridized carbons (Fsp3) is 0.389. The first kappa shape index (κ1) is 15.4. The predicted molar refractivity (Wildman–Crippen MR) is 94.6 cm³/mol. The number of hydrogen-bond donors (Lipinski definition) is 0. The van der Waals surface area contributed by atoms with Crippen molar-refractivity contribution in [1.82, 2.24) is 9.55 Å². The minimum atomic E-state index is -0.241. The molecule has 2 heterocycles.